The molecule has 0 radical (unpaired) electrons. The van der Waals surface area contributed by atoms with Gasteiger partial charge >= 0.3 is 11.9 Å². The SMILES string of the molecule is O=C(O)C=CCCCCCCCCCCCCCCCCCCCCCCCCCC/C=C\CCCCC(=O)O. The zero-order chi connectivity index (χ0) is 29.2. The summed E-state index contributed by atoms with van der Waals surface area (Å²) in [6, 6.07) is 0. The average molecular weight is 563 g/mol. The lowest BCUT2D eigenvalue weighted by molar-refractivity contribution is -0.137. The van der Waals surface area contributed by atoms with Crippen molar-refractivity contribution in [3.63, 3.8) is 0 Å². The molecule has 2 N–H and O–H groups in total. The quantitative estimate of drug-likeness (QED) is 0.0474. The molecule has 0 saturated carbocycles. The largest absolute Gasteiger partial charge is 0.481 e. The molecule has 0 amide bonds. The standard InChI is InChI=1S/C36H66O4/c37-35(38)33-31-29-27-25-23-21-19-17-15-13-11-9-7-5-3-1-2-4-6-8-10-12-14-16-18-20-22-24-26-28-30-32-34-36(39)40/h23,25,32,34H,1-22,24,26-31,33H2,(H,37,38)(H,39,40)/b25-23-,34-32?. The van der Waals surface area contributed by atoms with Crippen LogP contribution in [0, 0.1) is 0 Å². The lowest BCUT2D eigenvalue weighted by Gasteiger charge is -2.04. The van der Waals surface area contributed by atoms with E-state index in [1.165, 1.54) is 160 Å². The first-order chi connectivity index (χ1) is 19.6. The second-order valence-corrected chi connectivity index (χ2v) is 11.9. The van der Waals surface area contributed by atoms with Crippen molar-refractivity contribution in [1.29, 1.82) is 0 Å². The van der Waals surface area contributed by atoms with Gasteiger partial charge in [0.15, 0.2) is 0 Å². The molecule has 4 nitrogen and oxygen atoms in total. The topological polar surface area (TPSA) is 74.6 Å². The first-order valence-electron chi connectivity index (χ1n) is 17.4. The molecular formula is C36H66O4. The number of hydrogen-bond acceptors (Lipinski definition) is 2. The molecule has 4 heteroatoms. The highest BCUT2D eigenvalue weighted by atomic mass is 16.4. The Labute approximate surface area is 248 Å². The molecule has 0 unspecified atom stereocenters. The fraction of sp³-hybridized carbons (Fsp3) is 0.833. The van der Waals surface area contributed by atoms with Crippen LogP contribution in [0.1, 0.15) is 193 Å². The number of hydrogen-bond donors (Lipinski definition) is 2. The molecule has 234 valence electrons. The minimum Gasteiger partial charge on any atom is -0.481 e. The monoisotopic (exact) mass is 562 g/mol. The molecule has 0 aliphatic heterocycles. The van der Waals surface area contributed by atoms with E-state index in [1.807, 2.05) is 0 Å². The molecular weight excluding hydrogens is 496 g/mol. The fourth-order valence-electron chi connectivity index (χ4n) is 5.37. The van der Waals surface area contributed by atoms with E-state index in [0.717, 1.165) is 32.1 Å². The Morgan fingerprint density at radius 2 is 0.600 bits per heavy atom. The molecule has 0 aromatic heterocycles. The minimum absolute atomic E-state index is 0.305. The summed E-state index contributed by atoms with van der Waals surface area (Å²) in [5, 5.41) is 17.2. The van der Waals surface area contributed by atoms with E-state index < -0.39 is 11.9 Å². The van der Waals surface area contributed by atoms with Crippen molar-refractivity contribution in [3.8, 4) is 0 Å². The van der Waals surface area contributed by atoms with Crippen molar-refractivity contribution >= 4 is 11.9 Å². The van der Waals surface area contributed by atoms with Crippen LogP contribution in [0.15, 0.2) is 24.3 Å². The van der Waals surface area contributed by atoms with Gasteiger partial charge in [0.2, 0.25) is 0 Å². The highest BCUT2D eigenvalue weighted by Gasteiger charge is 1.97. The summed E-state index contributed by atoms with van der Waals surface area (Å²) in [6.45, 7) is 0. The summed E-state index contributed by atoms with van der Waals surface area (Å²) >= 11 is 0. The van der Waals surface area contributed by atoms with Crippen LogP contribution in [-0.2, 0) is 9.59 Å². The predicted octanol–water partition coefficient (Wildman–Crippen LogP) is 12.0. The molecule has 0 bridgehead atoms. The van der Waals surface area contributed by atoms with Crippen LogP contribution >= 0.6 is 0 Å². The third kappa shape index (κ3) is 36.4. The van der Waals surface area contributed by atoms with Gasteiger partial charge in [-0.05, 0) is 44.9 Å². The highest BCUT2D eigenvalue weighted by molar-refractivity contribution is 5.79. The van der Waals surface area contributed by atoms with Gasteiger partial charge in [-0.3, -0.25) is 4.79 Å². The van der Waals surface area contributed by atoms with Crippen LogP contribution in [0.5, 0.6) is 0 Å². The summed E-state index contributed by atoms with van der Waals surface area (Å²) in [6.07, 6.45) is 45.9. The maximum absolute atomic E-state index is 10.5. The second kappa shape index (κ2) is 33.6. The van der Waals surface area contributed by atoms with Gasteiger partial charge in [-0.2, -0.15) is 0 Å². The molecule has 0 spiro atoms. The van der Waals surface area contributed by atoms with Gasteiger partial charge < -0.3 is 10.2 Å². The van der Waals surface area contributed by atoms with Crippen molar-refractivity contribution in [2.75, 3.05) is 0 Å². The number of carbonyl (C=O) groups is 2. The molecule has 0 atom stereocenters. The van der Waals surface area contributed by atoms with Crippen molar-refractivity contribution in [2.45, 2.75) is 193 Å². The predicted molar refractivity (Wildman–Crippen MR) is 172 cm³/mol. The number of aliphatic carboxylic acids is 2. The molecule has 0 aromatic carbocycles. The number of allylic oxidation sites excluding steroid dienone is 3. The Bertz CT molecular complexity index is 596. The summed E-state index contributed by atoms with van der Waals surface area (Å²) in [5.74, 6) is -1.52. The third-order valence-corrected chi connectivity index (χ3v) is 7.93. The van der Waals surface area contributed by atoms with Crippen molar-refractivity contribution in [2.24, 2.45) is 0 Å². The number of carboxylic acid groups (broad SMARTS) is 2. The van der Waals surface area contributed by atoms with E-state index >= 15 is 0 Å². The van der Waals surface area contributed by atoms with Gasteiger partial charge in [-0.1, -0.05) is 159 Å². The van der Waals surface area contributed by atoms with E-state index in [2.05, 4.69) is 12.2 Å². The van der Waals surface area contributed by atoms with Gasteiger partial charge in [-0.15, -0.1) is 0 Å². The van der Waals surface area contributed by atoms with Crippen molar-refractivity contribution < 1.29 is 19.8 Å². The van der Waals surface area contributed by atoms with Gasteiger partial charge in [-0.25, -0.2) is 4.79 Å². The summed E-state index contributed by atoms with van der Waals surface area (Å²) < 4.78 is 0. The van der Waals surface area contributed by atoms with Crippen LogP contribution < -0.4 is 0 Å². The van der Waals surface area contributed by atoms with Gasteiger partial charge in [0.25, 0.3) is 0 Å². The normalized spacial score (nSPS) is 11.7. The van der Waals surface area contributed by atoms with Crippen molar-refractivity contribution in [1.82, 2.24) is 0 Å². The van der Waals surface area contributed by atoms with Crippen LogP contribution in [0.4, 0.5) is 0 Å². The Kier molecular flexibility index (Phi) is 32.3. The van der Waals surface area contributed by atoms with Gasteiger partial charge in [0.1, 0.15) is 0 Å². The zero-order valence-corrected chi connectivity index (χ0v) is 26.2. The molecule has 0 aromatic rings. The van der Waals surface area contributed by atoms with Crippen LogP contribution in [-0.4, -0.2) is 22.2 Å². The Morgan fingerprint density at radius 1 is 0.350 bits per heavy atom. The van der Waals surface area contributed by atoms with Crippen LogP contribution in [0.2, 0.25) is 0 Å². The smallest absolute Gasteiger partial charge is 0.327 e. The molecule has 0 aliphatic rings. The van der Waals surface area contributed by atoms with E-state index in [9.17, 15) is 9.59 Å². The zero-order valence-electron chi connectivity index (χ0n) is 26.2. The van der Waals surface area contributed by atoms with Gasteiger partial charge in [0.05, 0.1) is 0 Å². The van der Waals surface area contributed by atoms with Crippen LogP contribution in [0.3, 0.4) is 0 Å². The fourth-order valence-corrected chi connectivity index (χ4v) is 5.37. The second-order valence-electron chi connectivity index (χ2n) is 11.9. The molecule has 0 aliphatic carbocycles. The van der Waals surface area contributed by atoms with E-state index in [0.29, 0.717) is 6.42 Å². The summed E-state index contributed by atoms with van der Waals surface area (Å²) in [5.41, 5.74) is 0. The number of rotatable bonds is 33. The lowest BCUT2D eigenvalue weighted by Crippen LogP contribution is -1.92. The van der Waals surface area contributed by atoms with Crippen LogP contribution in [0.25, 0.3) is 0 Å². The average Bonchev–Trinajstić information content (AvgIpc) is 2.93. The Hall–Kier alpha value is -1.58. The van der Waals surface area contributed by atoms with E-state index in [1.54, 1.807) is 6.08 Å². The summed E-state index contributed by atoms with van der Waals surface area (Å²) in [4.78, 5) is 20.8. The van der Waals surface area contributed by atoms with E-state index in [-0.39, 0.29) is 0 Å². The lowest BCUT2D eigenvalue weighted by atomic mass is 10.0. The Morgan fingerprint density at radius 3 is 0.875 bits per heavy atom. The third-order valence-electron chi connectivity index (χ3n) is 7.93. The molecule has 0 saturated heterocycles. The van der Waals surface area contributed by atoms with Gasteiger partial charge in [0, 0.05) is 12.5 Å². The molecule has 40 heavy (non-hydrogen) atoms. The number of unbranched alkanes of at least 4 members (excludes halogenated alkanes) is 27. The first kappa shape index (κ1) is 38.4. The minimum atomic E-state index is -0.836. The molecule has 0 heterocycles. The highest BCUT2D eigenvalue weighted by Crippen LogP contribution is 2.16. The Balaban J connectivity index is 3.09. The van der Waals surface area contributed by atoms with E-state index in [4.69, 9.17) is 10.2 Å². The maximum atomic E-state index is 10.5. The maximum Gasteiger partial charge on any atom is 0.327 e. The number of carboxylic acids is 2. The first-order valence-corrected chi connectivity index (χ1v) is 17.4. The molecule has 0 rings (SSSR count). The summed E-state index contributed by atoms with van der Waals surface area (Å²) in [7, 11) is 0. The molecule has 0 fully saturated rings. The van der Waals surface area contributed by atoms with Crippen molar-refractivity contribution in [3.05, 3.63) is 24.3 Å².